The fourth-order valence-electron chi connectivity index (χ4n) is 2.96. The molecule has 1 aromatic heterocycles. The average molecular weight is 407 g/mol. The van der Waals surface area contributed by atoms with Gasteiger partial charge in [0.05, 0.1) is 22.5 Å². The van der Waals surface area contributed by atoms with Crippen LogP contribution in [0.5, 0.6) is 5.75 Å². The van der Waals surface area contributed by atoms with Crippen LogP contribution in [0.3, 0.4) is 0 Å². The van der Waals surface area contributed by atoms with Crippen LogP contribution in [0.15, 0.2) is 42.7 Å². The third-order valence-corrected chi connectivity index (χ3v) is 4.74. The van der Waals surface area contributed by atoms with E-state index in [4.69, 9.17) is 27.9 Å². The van der Waals surface area contributed by atoms with E-state index in [1.165, 1.54) is 18.5 Å². The summed E-state index contributed by atoms with van der Waals surface area (Å²) in [6.07, 6.45) is 1.56. The fraction of sp³-hybridized carbons (Fsp3) is 0.167. The first-order valence-electron chi connectivity index (χ1n) is 8.07. The molecule has 4 rings (SSSR count). The number of anilines is 1. The summed E-state index contributed by atoms with van der Waals surface area (Å²) in [6.45, 7) is 0.121. The smallest absolute Gasteiger partial charge is 0.229 e. The maximum atomic E-state index is 13.3. The number of halogens is 3. The van der Waals surface area contributed by atoms with E-state index in [1.807, 2.05) is 0 Å². The van der Waals surface area contributed by atoms with Crippen LogP contribution in [-0.2, 0) is 11.4 Å². The van der Waals surface area contributed by atoms with Crippen molar-refractivity contribution < 1.29 is 13.9 Å². The van der Waals surface area contributed by atoms with Crippen LogP contribution < -0.4 is 10.1 Å². The molecule has 0 spiro atoms. The Labute approximate surface area is 163 Å². The molecule has 0 saturated heterocycles. The zero-order valence-corrected chi connectivity index (χ0v) is 15.3. The molecular formula is C18H13Cl2FN4O2. The van der Waals surface area contributed by atoms with Gasteiger partial charge in [-0.15, -0.1) is 0 Å². The standard InChI is InChI=1S/C18H13Cl2FN4O2/c19-13-5-11(15-7-16(26)24-18-22-9-23-25(15)18)6-14(20)17(13)27-8-10-2-1-3-12(21)4-10/h1-6,9,15H,7-8H2,(H,22,23,24,26)/t15-/m1/s1. The molecule has 138 valence electrons. The van der Waals surface area contributed by atoms with Gasteiger partial charge in [0.2, 0.25) is 11.9 Å². The number of rotatable bonds is 4. The average Bonchev–Trinajstić information content (AvgIpc) is 3.08. The third-order valence-electron chi connectivity index (χ3n) is 4.18. The molecule has 1 N–H and O–H groups in total. The predicted molar refractivity (Wildman–Crippen MR) is 98.6 cm³/mol. The maximum absolute atomic E-state index is 13.3. The van der Waals surface area contributed by atoms with Gasteiger partial charge in [-0.3, -0.25) is 10.1 Å². The van der Waals surface area contributed by atoms with E-state index in [1.54, 1.807) is 28.9 Å². The first-order chi connectivity index (χ1) is 13.0. The SMILES string of the molecule is O=C1C[C@H](c2cc(Cl)c(OCc3cccc(F)c3)c(Cl)c2)n2ncnc2N1. The van der Waals surface area contributed by atoms with Gasteiger partial charge in [0.1, 0.15) is 18.8 Å². The molecule has 1 aliphatic heterocycles. The Bertz CT molecular complexity index is 1000. The largest absolute Gasteiger partial charge is 0.486 e. The van der Waals surface area contributed by atoms with Crippen molar-refractivity contribution in [1.82, 2.24) is 14.8 Å². The van der Waals surface area contributed by atoms with E-state index in [9.17, 15) is 9.18 Å². The molecule has 27 heavy (non-hydrogen) atoms. The Morgan fingerprint density at radius 2 is 2.04 bits per heavy atom. The highest BCUT2D eigenvalue weighted by molar-refractivity contribution is 6.37. The van der Waals surface area contributed by atoms with Gasteiger partial charge < -0.3 is 4.74 Å². The summed E-state index contributed by atoms with van der Waals surface area (Å²) in [7, 11) is 0. The Hall–Kier alpha value is -2.64. The molecule has 2 aromatic carbocycles. The van der Waals surface area contributed by atoms with E-state index < -0.39 is 0 Å². The number of nitrogens with one attached hydrogen (secondary N) is 1. The topological polar surface area (TPSA) is 69.0 Å². The van der Waals surface area contributed by atoms with E-state index in [-0.39, 0.29) is 30.8 Å². The zero-order valence-electron chi connectivity index (χ0n) is 13.8. The van der Waals surface area contributed by atoms with Crippen molar-refractivity contribution in [3.05, 3.63) is 69.7 Å². The lowest BCUT2D eigenvalue weighted by Gasteiger charge is -2.24. The minimum atomic E-state index is -0.372. The van der Waals surface area contributed by atoms with Gasteiger partial charge in [-0.2, -0.15) is 10.1 Å². The van der Waals surface area contributed by atoms with Gasteiger partial charge in [0, 0.05) is 0 Å². The van der Waals surface area contributed by atoms with Crippen LogP contribution >= 0.6 is 23.2 Å². The Morgan fingerprint density at radius 3 is 2.78 bits per heavy atom. The normalized spacial score (nSPS) is 16.0. The third kappa shape index (κ3) is 3.61. The molecule has 0 unspecified atom stereocenters. The minimum absolute atomic E-state index is 0.121. The molecule has 0 radical (unpaired) electrons. The quantitative estimate of drug-likeness (QED) is 0.703. The molecule has 0 fully saturated rings. The number of ether oxygens (including phenoxy) is 1. The number of nitrogens with zero attached hydrogens (tertiary/aromatic N) is 3. The molecule has 1 aliphatic rings. The second kappa shape index (κ2) is 7.17. The molecule has 1 atom stereocenters. The lowest BCUT2D eigenvalue weighted by atomic mass is 10.0. The number of hydrogen-bond acceptors (Lipinski definition) is 4. The van der Waals surface area contributed by atoms with Crippen molar-refractivity contribution in [1.29, 1.82) is 0 Å². The van der Waals surface area contributed by atoms with Crippen molar-refractivity contribution in [2.24, 2.45) is 0 Å². The molecule has 0 bridgehead atoms. The molecule has 2 heterocycles. The molecule has 6 nitrogen and oxygen atoms in total. The van der Waals surface area contributed by atoms with Crippen LogP contribution in [0.1, 0.15) is 23.6 Å². The van der Waals surface area contributed by atoms with Crippen LogP contribution in [0.25, 0.3) is 0 Å². The molecule has 9 heteroatoms. The van der Waals surface area contributed by atoms with Crippen molar-refractivity contribution in [2.75, 3.05) is 5.32 Å². The Kier molecular flexibility index (Phi) is 4.72. The first kappa shape index (κ1) is 17.8. The summed E-state index contributed by atoms with van der Waals surface area (Å²) >= 11 is 12.7. The van der Waals surface area contributed by atoms with E-state index in [0.717, 1.165) is 0 Å². The van der Waals surface area contributed by atoms with Gasteiger partial charge >= 0.3 is 0 Å². The van der Waals surface area contributed by atoms with Crippen LogP contribution in [0, 0.1) is 5.82 Å². The second-order valence-electron chi connectivity index (χ2n) is 6.03. The Morgan fingerprint density at radius 1 is 1.26 bits per heavy atom. The summed E-state index contributed by atoms with van der Waals surface area (Å²) in [5.41, 5.74) is 1.37. The summed E-state index contributed by atoms with van der Waals surface area (Å²) in [6, 6.07) is 9.08. The van der Waals surface area contributed by atoms with Crippen molar-refractivity contribution in [3.63, 3.8) is 0 Å². The number of aromatic nitrogens is 3. The van der Waals surface area contributed by atoms with E-state index in [2.05, 4.69) is 15.4 Å². The van der Waals surface area contributed by atoms with Crippen LogP contribution in [0.4, 0.5) is 10.3 Å². The van der Waals surface area contributed by atoms with Gasteiger partial charge in [0.25, 0.3) is 0 Å². The molecular weight excluding hydrogens is 394 g/mol. The van der Waals surface area contributed by atoms with E-state index >= 15 is 0 Å². The Balaban J connectivity index is 1.60. The minimum Gasteiger partial charge on any atom is -0.486 e. The highest BCUT2D eigenvalue weighted by atomic mass is 35.5. The fourth-order valence-corrected chi connectivity index (χ4v) is 3.57. The van der Waals surface area contributed by atoms with Gasteiger partial charge in [-0.25, -0.2) is 9.07 Å². The van der Waals surface area contributed by atoms with Crippen molar-refractivity contribution >= 4 is 35.1 Å². The number of benzene rings is 2. The summed E-state index contributed by atoms with van der Waals surface area (Å²) in [4.78, 5) is 15.9. The van der Waals surface area contributed by atoms with Gasteiger partial charge in [0.15, 0.2) is 5.75 Å². The highest BCUT2D eigenvalue weighted by Crippen LogP contribution is 2.39. The number of amides is 1. The molecule has 0 saturated carbocycles. The number of carbonyl (C=O) groups excluding carboxylic acids is 1. The number of fused-ring (bicyclic) bond motifs is 1. The summed E-state index contributed by atoms with van der Waals surface area (Å²) in [5.74, 6) is 0.155. The summed E-state index contributed by atoms with van der Waals surface area (Å²) < 4.78 is 20.6. The van der Waals surface area contributed by atoms with Crippen LogP contribution in [0.2, 0.25) is 10.0 Å². The second-order valence-corrected chi connectivity index (χ2v) is 6.84. The monoisotopic (exact) mass is 406 g/mol. The van der Waals surface area contributed by atoms with Gasteiger partial charge in [-0.1, -0.05) is 35.3 Å². The number of hydrogen-bond donors (Lipinski definition) is 1. The predicted octanol–water partition coefficient (Wildman–Crippen LogP) is 4.23. The number of carbonyl (C=O) groups is 1. The summed E-state index contributed by atoms with van der Waals surface area (Å²) in [5, 5.41) is 7.39. The molecule has 1 amide bonds. The molecule has 3 aromatic rings. The molecule has 0 aliphatic carbocycles. The lowest BCUT2D eigenvalue weighted by Crippen LogP contribution is -2.29. The maximum Gasteiger partial charge on any atom is 0.229 e. The van der Waals surface area contributed by atoms with Crippen molar-refractivity contribution in [2.45, 2.75) is 19.1 Å². The van der Waals surface area contributed by atoms with Crippen LogP contribution in [-0.4, -0.2) is 20.7 Å². The zero-order chi connectivity index (χ0) is 19.0. The van der Waals surface area contributed by atoms with E-state index in [0.29, 0.717) is 32.9 Å². The highest BCUT2D eigenvalue weighted by Gasteiger charge is 2.28. The van der Waals surface area contributed by atoms with Crippen molar-refractivity contribution in [3.8, 4) is 5.75 Å². The first-order valence-corrected chi connectivity index (χ1v) is 8.82. The van der Waals surface area contributed by atoms with Gasteiger partial charge in [-0.05, 0) is 35.4 Å². The lowest BCUT2D eigenvalue weighted by molar-refractivity contribution is -0.117.